The van der Waals surface area contributed by atoms with Crippen molar-refractivity contribution in [3.63, 3.8) is 0 Å². The van der Waals surface area contributed by atoms with E-state index in [1.165, 1.54) is 16.7 Å². The van der Waals surface area contributed by atoms with Gasteiger partial charge in [0.15, 0.2) is 0 Å². The molecule has 0 spiro atoms. The van der Waals surface area contributed by atoms with Crippen molar-refractivity contribution < 1.29 is 0 Å². The first kappa shape index (κ1) is 13.5. The van der Waals surface area contributed by atoms with Crippen molar-refractivity contribution in [3.8, 4) is 0 Å². The van der Waals surface area contributed by atoms with Gasteiger partial charge in [-0.3, -0.25) is 4.90 Å². The summed E-state index contributed by atoms with van der Waals surface area (Å²) in [5.41, 5.74) is 9.60. The van der Waals surface area contributed by atoms with Crippen molar-refractivity contribution in [2.75, 3.05) is 12.8 Å². The van der Waals surface area contributed by atoms with Crippen LogP contribution in [-0.2, 0) is 13.1 Å². The minimum Gasteiger partial charge on any atom is -0.384 e. The quantitative estimate of drug-likeness (QED) is 0.912. The van der Waals surface area contributed by atoms with Crippen molar-refractivity contribution in [2.45, 2.75) is 26.9 Å². The number of nitrogens with two attached hydrogens (primary N) is 1. The van der Waals surface area contributed by atoms with Crippen molar-refractivity contribution in [2.24, 2.45) is 0 Å². The lowest BCUT2D eigenvalue weighted by Crippen LogP contribution is -2.19. The summed E-state index contributed by atoms with van der Waals surface area (Å²) in [5, 5.41) is 0. The lowest BCUT2D eigenvalue weighted by molar-refractivity contribution is 0.310. The number of anilines is 1. The normalized spacial score (nSPS) is 10.9. The second-order valence-electron chi connectivity index (χ2n) is 5.00. The summed E-state index contributed by atoms with van der Waals surface area (Å²) in [7, 11) is 2.06. The minimum absolute atomic E-state index is 0.518. The van der Waals surface area contributed by atoms with E-state index in [-0.39, 0.29) is 0 Å². The molecule has 2 N–H and O–H groups in total. The molecule has 0 atom stereocenters. The highest BCUT2D eigenvalue weighted by Gasteiger charge is 2.06. The summed E-state index contributed by atoms with van der Waals surface area (Å²) in [6.45, 7) is 5.83. The van der Waals surface area contributed by atoms with Crippen molar-refractivity contribution >= 4 is 5.82 Å². The maximum atomic E-state index is 5.66. The number of rotatable bonds is 4. The van der Waals surface area contributed by atoms with Gasteiger partial charge < -0.3 is 5.73 Å². The topological polar surface area (TPSA) is 55.0 Å². The Kier molecular flexibility index (Phi) is 4.12. The van der Waals surface area contributed by atoms with Crippen LogP contribution in [-0.4, -0.2) is 21.9 Å². The highest BCUT2D eigenvalue weighted by Crippen LogP contribution is 2.13. The molecule has 100 valence electrons. The molecule has 19 heavy (non-hydrogen) atoms. The van der Waals surface area contributed by atoms with E-state index in [9.17, 15) is 0 Å². The van der Waals surface area contributed by atoms with Gasteiger partial charge in [0.1, 0.15) is 11.6 Å². The standard InChI is InChI=1S/C15H20N4/c1-11-4-5-13(12(2)8-11)9-19(3)10-15-17-7-6-14(16)18-15/h4-8H,9-10H2,1-3H3,(H2,16,17,18). The van der Waals surface area contributed by atoms with Gasteiger partial charge in [0.05, 0.1) is 6.54 Å². The van der Waals surface area contributed by atoms with E-state index in [0.29, 0.717) is 12.4 Å². The van der Waals surface area contributed by atoms with E-state index in [4.69, 9.17) is 5.73 Å². The van der Waals surface area contributed by atoms with E-state index in [0.717, 1.165) is 12.4 Å². The smallest absolute Gasteiger partial charge is 0.144 e. The Bertz CT molecular complexity index is 566. The molecule has 0 aliphatic heterocycles. The summed E-state index contributed by atoms with van der Waals surface area (Å²) < 4.78 is 0. The summed E-state index contributed by atoms with van der Waals surface area (Å²) in [6.07, 6.45) is 1.70. The van der Waals surface area contributed by atoms with E-state index < -0.39 is 0 Å². The maximum Gasteiger partial charge on any atom is 0.144 e. The third kappa shape index (κ3) is 3.76. The van der Waals surface area contributed by atoms with Crippen LogP contribution in [0.5, 0.6) is 0 Å². The Morgan fingerprint density at radius 2 is 1.95 bits per heavy atom. The number of nitrogen functional groups attached to an aromatic ring is 1. The van der Waals surface area contributed by atoms with Gasteiger partial charge in [-0.1, -0.05) is 23.8 Å². The Morgan fingerprint density at radius 3 is 2.63 bits per heavy atom. The number of aryl methyl sites for hydroxylation is 2. The van der Waals surface area contributed by atoms with Crippen LogP contribution < -0.4 is 5.73 Å². The van der Waals surface area contributed by atoms with Gasteiger partial charge in [0.25, 0.3) is 0 Å². The molecule has 0 bridgehead atoms. The summed E-state index contributed by atoms with van der Waals surface area (Å²) in [6, 6.07) is 8.24. The van der Waals surface area contributed by atoms with Crippen LogP contribution in [0.2, 0.25) is 0 Å². The fourth-order valence-electron chi connectivity index (χ4n) is 2.10. The molecule has 1 aromatic heterocycles. The summed E-state index contributed by atoms with van der Waals surface area (Å²) >= 11 is 0. The summed E-state index contributed by atoms with van der Waals surface area (Å²) in [5.74, 6) is 1.28. The van der Waals surface area contributed by atoms with Crippen LogP contribution in [0.1, 0.15) is 22.5 Å². The van der Waals surface area contributed by atoms with Crippen molar-refractivity contribution in [1.29, 1.82) is 0 Å². The zero-order chi connectivity index (χ0) is 13.8. The molecule has 0 saturated heterocycles. The Hall–Kier alpha value is -1.94. The molecule has 2 rings (SSSR count). The largest absolute Gasteiger partial charge is 0.384 e. The van der Waals surface area contributed by atoms with Gasteiger partial charge in [-0.2, -0.15) is 0 Å². The van der Waals surface area contributed by atoms with Gasteiger partial charge in [0, 0.05) is 12.7 Å². The first-order valence-corrected chi connectivity index (χ1v) is 6.36. The van der Waals surface area contributed by atoms with Crippen LogP contribution in [0, 0.1) is 13.8 Å². The summed E-state index contributed by atoms with van der Waals surface area (Å²) in [4.78, 5) is 10.6. The van der Waals surface area contributed by atoms with E-state index in [1.807, 2.05) is 0 Å². The maximum absolute atomic E-state index is 5.66. The van der Waals surface area contributed by atoms with E-state index in [2.05, 4.69) is 54.0 Å². The predicted octanol–water partition coefficient (Wildman–Crippen LogP) is 2.31. The Labute approximate surface area is 114 Å². The molecule has 4 nitrogen and oxygen atoms in total. The second-order valence-corrected chi connectivity index (χ2v) is 5.00. The van der Waals surface area contributed by atoms with E-state index in [1.54, 1.807) is 12.3 Å². The first-order valence-electron chi connectivity index (χ1n) is 6.36. The SMILES string of the molecule is Cc1ccc(CN(C)Cc2nccc(N)n2)c(C)c1. The second kappa shape index (κ2) is 5.80. The Balaban J connectivity index is 2.03. The van der Waals surface area contributed by atoms with Crippen LogP contribution in [0.3, 0.4) is 0 Å². The molecule has 1 heterocycles. The third-order valence-corrected chi connectivity index (χ3v) is 3.08. The van der Waals surface area contributed by atoms with Crippen LogP contribution in [0.25, 0.3) is 0 Å². The molecule has 1 aromatic carbocycles. The fraction of sp³-hybridized carbons (Fsp3) is 0.333. The average Bonchev–Trinajstić information content (AvgIpc) is 2.33. The number of hydrogen-bond acceptors (Lipinski definition) is 4. The predicted molar refractivity (Wildman–Crippen MR) is 77.5 cm³/mol. The Morgan fingerprint density at radius 1 is 1.16 bits per heavy atom. The van der Waals surface area contributed by atoms with Crippen LogP contribution >= 0.6 is 0 Å². The highest BCUT2D eigenvalue weighted by atomic mass is 15.1. The van der Waals surface area contributed by atoms with E-state index >= 15 is 0 Å². The number of aromatic nitrogens is 2. The van der Waals surface area contributed by atoms with Gasteiger partial charge in [-0.15, -0.1) is 0 Å². The molecule has 0 radical (unpaired) electrons. The molecule has 0 aliphatic carbocycles. The zero-order valence-corrected chi connectivity index (χ0v) is 11.7. The van der Waals surface area contributed by atoms with Crippen molar-refractivity contribution in [3.05, 3.63) is 53.0 Å². The van der Waals surface area contributed by atoms with Gasteiger partial charge >= 0.3 is 0 Å². The van der Waals surface area contributed by atoms with Crippen molar-refractivity contribution in [1.82, 2.24) is 14.9 Å². The number of nitrogens with zero attached hydrogens (tertiary/aromatic N) is 3. The van der Waals surface area contributed by atoms with Gasteiger partial charge in [0.2, 0.25) is 0 Å². The number of hydrogen-bond donors (Lipinski definition) is 1. The molecule has 4 heteroatoms. The molecule has 0 unspecified atom stereocenters. The minimum atomic E-state index is 0.518. The zero-order valence-electron chi connectivity index (χ0n) is 11.7. The fourth-order valence-corrected chi connectivity index (χ4v) is 2.10. The highest BCUT2D eigenvalue weighted by molar-refractivity contribution is 5.30. The van der Waals surface area contributed by atoms with Crippen LogP contribution in [0.15, 0.2) is 30.5 Å². The average molecular weight is 256 g/mol. The van der Waals surface area contributed by atoms with Crippen LogP contribution in [0.4, 0.5) is 5.82 Å². The molecule has 2 aromatic rings. The monoisotopic (exact) mass is 256 g/mol. The van der Waals surface area contributed by atoms with Gasteiger partial charge in [-0.05, 0) is 38.1 Å². The molecule has 0 fully saturated rings. The number of benzene rings is 1. The third-order valence-electron chi connectivity index (χ3n) is 3.08. The molecule has 0 saturated carbocycles. The lowest BCUT2D eigenvalue weighted by atomic mass is 10.1. The van der Waals surface area contributed by atoms with Gasteiger partial charge in [-0.25, -0.2) is 9.97 Å². The molecule has 0 aliphatic rings. The lowest BCUT2D eigenvalue weighted by Gasteiger charge is -2.17. The molecule has 0 amide bonds. The first-order chi connectivity index (χ1) is 9.04. The molecular weight excluding hydrogens is 236 g/mol. The molecular formula is C15H20N4.